The maximum Gasteiger partial charge on any atom is 0.258 e. The molecule has 0 N–H and O–H groups in total. The van der Waals surface area contributed by atoms with E-state index in [4.69, 9.17) is 9.84 Å². The number of methoxy groups -OCH3 is 1. The van der Waals surface area contributed by atoms with Crippen molar-refractivity contribution in [2.45, 2.75) is 24.3 Å². The number of fused-ring (bicyclic) bond motifs is 1. The number of carbonyl (C=O) groups excluding carboxylic acids is 1. The number of thiophene rings is 1. The van der Waals surface area contributed by atoms with Crippen LogP contribution in [-0.4, -0.2) is 61.1 Å². The van der Waals surface area contributed by atoms with Gasteiger partial charge in [-0.05, 0) is 36.1 Å². The molecule has 0 spiro atoms. The number of carbonyl (C=O) groups is 1. The average Bonchev–Trinajstić information content (AvgIpc) is 3.61. The molecule has 3 heterocycles. The lowest BCUT2D eigenvalue weighted by atomic mass is 10.00. The molecule has 1 amide bonds. The van der Waals surface area contributed by atoms with E-state index in [1.54, 1.807) is 41.9 Å². The van der Waals surface area contributed by atoms with Crippen LogP contribution in [0, 0.1) is 6.92 Å². The van der Waals surface area contributed by atoms with Crippen LogP contribution >= 0.6 is 11.3 Å². The average molecular weight is 549 g/mol. The van der Waals surface area contributed by atoms with E-state index < -0.39 is 15.9 Å². The summed E-state index contributed by atoms with van der Waals surface area (Å²) in [5.41, 5.74) is 2.88. The lowest BCUT2D eigenvalue weighted by Gasteiger charge is -2.27. The number of pyridine rings is 1. The molecule has 1 unspecified atom stereocenters. The van der Waals surface area contributed by atoms with Gasteiger partial charge in [0.1, 0.15) is 0 Å². The molecule has 8 nitrogen and oxygen atoms in total. The highest BCUT2D eigenvalue weighted by atomic mass is 32.2. The molecule has 0 bridgehead atoms. The van der Waals surface area contributed by atoms with Crippen LogP contribution in [0.4, 0.5) is 0 Å². The predicted molar refractivity (Wildman–Crippen MR) is 149 cm³/mol. The van der Waals surface area contributed by atoms with Gasteiger partial charge in [-0.25, -0.2) is 13.4 Å². The van der Waals surface area contributed by atoms with Crippen molar-refractivity contribution < 1.29 is 17.9 Å². The SMILES string of the molecule is COCCN(CC(=O)N1N=C(c2cccs2)CC1c1ccc(C)cc1)S(=O)(=O)c1cccc2cnccc12. The molecule has 2 aromatic carbocycles. The molecule has 0 saturated heterocycles. The van der Waals surface area contributed by atoms with Crippen molar-refractivity contribution in [3.63, 3.8) is 0 Å². The van der Waals surface area contributed by atoms with Crippen molar-refractivity contribution in [3.8, 4) is 0 Å². The number of hydrazone groups is 1. The lowest BCUT2D eigenvalue weighted by Crippen LogP contribution is -2.42. The molecule has 0 aliphatic carbocycles. The molecule has 38 heavy (non-hydrogen) atoms. The van der Waals surface area contributed by atoms with E-state index in [1.165, 1.54) is 16.4 Å². The standard InChI is InChI=1S/C28H28N4O4S2/c1-20-8-10-21(11-9-20)25-17-24(26-6-4-16-37-26)30-32(25)28(33)19-31(14-15-36-2)38(34,35)27-7-3-5-22-18-29-13-12-23(22)27/h3-13,16,18,25H,14-15,17,19H2,1-2H3. The fraction of sp³-hybridized carbons (Fsp3) is 0.250. The number of hydrogen-bond acceptors (Lipinski definition) is 7. The van der Waals surface area contributed by atoms with Crippen LogP contribution in [0.5, 0.6) is 0 Å². The molecule has 0 radical (unpaired) electrons. The van der Waals surface area contributed by atoms with Gasteiger partial charge in [0.15, 0.2) is 0 Å². The maximum absolute atomic E-state index is 13.9. The molecule has 1 aliphatic rings. The van der Waals surface area contributed by atoms with Crippen molar-refractivity contribution in [3.05, 3.63) is 94.4 Å². The van der Waals surface area contributed by atoms with Gasteiger partial charge in [-0.15, -0.1) is 11.3 Å². The molecule has 10 heteroatoms. The summed E-state index contributed by atoms with van der Waals surface area (Å²) in [6.45, 7) is 1.81. The Hall–Kier alpha value is -3.44. The summed E-state index contributed by atoms with van der Waals surface area (Å²) in [5.74, 6) is -0.399. The summed E-state index contributed by atoms with van der Waals surface area (Å²) in [6.07, 6.45) is 3.73. The zero-order valence-corrected chi connectivity index (χ0v) is 22.8. The van der Waals surface area contributed by atoms with Crippen LogP contribution in [0.1, 0.15) is 28.5 Å². The Kier molecular flexibility index (Phi) is 7.66. The zero-order chi connectivity index (χ0) is 26.7. The highest BCUT2D eigenvalue weighted by molar-refractivity contribution is 7.89. The van der Waals surface area contributed by atoms with Crippen LogP contribution in [0.2, 0.25) is 0 Å². The number of sulfonamides is 1. The third kappa shape index (κ3) is 5.25. The fourth-order valence-corrected chi connectivity index (χ4v) is 6.85. The second-order valence-electron chi connectivity index (χ2n) is 9.08. The van der Waals surface area contributed by atoms with Gasteiger partial charge in [0.25, 0.3) is 5.91 Å². The first-order chi connectivity index (χ1) is 18.4. The van der Waals surface area contributed by atoms with E-state index >= 15 is 0 Å². The Balaban J connectivity index is 1.49. The van der Waals surface area contributed by atoms with Gasteiger partial charge < -0.3 is 4.74 Å². The molecular weight excluding hydrogens is 520 g/mol. The molecule has 0 fully saturated rings. The van der Waals surface area contributed by atoms with Crippen molar-refractivity contribution >= 4 is 43.8 Å². The van der Waals surface area contributed by atoms with Crippen LogP contribution in [0.15, 0.2) is 88.4 Å². The van der Waals surface area contributed by atoms with E-state index in [9.17, 15) is 13.2 Å². The van der Waals surface area contributed by atoms with Crippen molar-refractivity contribution in [1.82, 2.24) is 14.3 Å². The third-order valence-corrected chi connectivity index (χ3v) is 9.37. The van der Waals surface area contributed by atoms with Crippen LogP contribution in [0.25, 0.3) is 10.8 Å². The molecule has 0 saturated carbocycles. The number of aromatic nitrogens is 1. The van der Waals surface area contributed by atoms with Gasteiger partial charge in [-0.1, -0.05) is 48.0 Å². The number of aryl methyl sites for hydroxylation is 1. The summed E-state index contributed by atoms with van der Waals surface area (Å²) in [6, 6.07) is 18.3. The first kappa shape index (κ1) is 26.2. The number of nitrogens with zero attached hydrogens (tertiary/aromatic N) is 4. The van der Waals surface area contributed by atoms with Crippen molar-refractivity contribution in [1.29, 1.82) is 0 Å². The Bertz CT molecular complexity index is 1560. The Morgan fingerprint density at radius 3 is 2.68 bits per heavy atom. The number of ether oxygens (including phenoxy) is 1. The van der Waals surface area contributed by atoms with Crippen LogP contribution in [-0.2, 0) is 19.6 Å². The van der Waals surface area contributed by atoms with Gasteiger partial charge >= 0.3 is 0 Å². The van der Waals surface area contributed by atoms with Gasteiger partial charge in [0, 0.05) is 43.2 Å². The van der Waals surface area contributed by atoms with E-state index in [-0.39, 0.29) is 30.6 Å². The summed E-state index contributed by atoms with van der Waals surface area (Å²) in [7, 11) is -2.54. The van der Waals surface area contributed by atoms with Gasteiger partial charge in [0.05, 0.1) is 34.7 Å². The summed E-state index contributed by atoms with van der Waals surface area (Å²) < 4.78 is 34.2. The summed E-state index contributed by atoms with van der Waals surface area (Å²) in [5, 5.41) is 9.37. The molecule has 196 valence electrons. The quantitative estimate of drug-likeness (QED) is 0.304. The van der Waals surface area contributed by atoms with E-state index in [0.29, 0.717) is 17.2 Å². The molecular formula is C28H28N4O4S2. The Morgan fingerprint density at radius 2 is 1.95 bits per heavy atom. The normalized spacial score (nSPS) is 15.8. The summed E-state index contributed by atoms with van der Waals surface area (Å²) in [4.78, 5) is 19.0. The number of rotatable bonds is 9. The Morgan fingerprint density at radius 1 is 1.13 bits per heavy atom. The minimum atomic E-state index is -4.04. The van der Waals surface area contributed by atoms with Crippen LogP contribution < -0.4 is 0 Å². The van der Waals surface area contributed by atoms with Gasteiger partial charge in [-0.3, -0.25) is 9.78 Å². The zero-order valence-electron chi connectivity index (χ0n) is 21.1. The lowest BCUT2D eigenvalue weighted by molar-refractivity contribution is -0.133. The second kappa shape index (κ2) is 11.1. The summed E-state index contributed by atoms with van der Waals surface area (Å²) >= 11 is 1.56. The molecule has 5 rings (SSSR count). The molecule has 1 atom stereocenters. The van der Waals surface area contributed by atoms with Crippen LogP contribution in [0.3, 0.4) is 0 Å². The van der Waals surface area contributed by atoms with E-state index in [1.807, 2.05) is 54.8 Å². The number of hydrogen-bond donors (Lipinski definition) is 0. The highest BCUT2D eigenvalue weighted by Crippen LogP contribution is 2.34. The first-order valence-electron chi connectivity index (χ1n) is 12.2. The van der Waals surface area contributed by atoms with E-state index in [0.717, 1.165) is 21.7 Å². The van der Waals surface area contributed by atoms with Gasteiger partial charge in [0.2, 0.25) is 10.0 Å². The number of amides is 1. The van der Waals surface area contributed by atoms with E-state index in [2.05, 4.69) is 4.98 Å². The molecule has 1 aliphatic heterocycles. The minimum absolute atomic E-state index is 0.0244. The Labute approximate surface area is 226 Å². The predicted octanol–water partition coefficient (Wildman–Crippen LogP) is 4.62. The molecule has 2 aromatic heterocycles. The first-order valence-corrected chi connectivity index (χ1v) is 14.5. The minimum Gasteiger partial charge on any atom is -0.383 e. The van der Waals surface area contributed by atoms with Crippen molar-refractivity contribution in [2.75, 3.05) is 26.8 Å². The largest absolute Gasteiger partial charge is 0.383 e. The highest BCUT2D eigenvalue weighted by Gasteiger charge is 2.36. The maximum atomic E-state index is 13.9. The third-order valence-electron chi connectivity index (χ3n) is 6.55. The van der Waals surface area contributed by atoms with Crippen molar-refractivity contribution in [2.24, 2.45) is 5.10 Å². The van der Waals surface area contributed by atoms with Gasteiger partial charge in [-0.2, -0.15) is 9.41 Å². The number of benzene rings is 2. The second-order valence-corrected chi connectivity index (χ2v) is 11.9. The topological polar surface area (TPSA) is 92.2 Å². The fourth-order valence-electron chi connectivity index (χ4n) is 4.54. The monoisotopic (exact) mass is 548 g/mol. The smallest absolute Gasteiger partial charge is 0.258 e. The molecule has 4 aromatic rings.